The third-order valence-corrected chi connectivity index (χ3v) is 2.78. The predicted octanol–water partition coefficient (Wildman–Crippen LogP) is 0.908. The van der Waals surface area contributed by atoms with E-state index >= 15 is 0 Å². The maximum absolute atomic E-state index is 11.6. The maximum Gasteiger partial charge on any atom is 0.162 e. The Morgan fingerprint density at radius 2 is 1.38 bits per heavy atom. The summed E-state index contributed by atoms with van der Waals surface area (Å²) in [5.74, 6) is -0.256. The van der Waals surface area contributed by atoms with Gasteiger partial charge in [0.15, 0.2) is 11.6 Å². The van der Waals surface area contributed by atoms with Gasteiger partial charge >= 0.3 is 0 Å². The summed E-state index contributed by atoms with van der Waals surface area (Å²) in [5, 5.41) is 0. The van der Waals surface area contributed by atoms with Gasteiger partial charge in [0.05, 0.1) is 0 Å². The molecule has 13 heavy (non-hydrogen) atoms. The van der Waals surface area contributed by atoms with Crippen molar-refractivity contribution >= 4 is 11.6 Å². The average molecular weight is 183 g/mol. The largest absolute Gasteiger partial charge is 0.315 e. The number of hydrogen-bond acceptors (Lipinski definition) is 3. The van der Waals surface area contributed by atoms with Gasteiger partial charge in [-0.05, 0) is 6.42 Å². The van der Waals surface area contributed by atoms with E-state index in [9.17, 15) is 9.59 Å². The molecule has 0 bridgehead atoms. The van der Waals surface area contributed by atoms with Crippen molar-refractivity contribution in [2.75, 3.05) is 0 Å². The Morgan fingerprint density at radius 3 is 1.69 bits per heavy atom. The van der Waals surface area contributed by atoms with Crippen LogP contribution in [-0.2, 0) is 9.59 Å². The van der Waals surface area contributed by atoms with E-state index in [4.69, 9.17) is 5.73 Å². The highest BCUT2D eigenvalue weighted by molar-refractivity contribution is 6.12. The molecule has 2 N–H and O–H groups in total. The van der Waals surface area contributed by atoms with Gasteiger partial charge < -0.3 is 5.73 Å². The van der Waals surface area contributed by atoms with Crippen molar-refractivity contribution in [1.82, 2.24) is 0 Å². The minimum Gasteiger partial charge on any atom is -0.315 e. The van der Waals surface area contributed by atoms with Crippen LogP contribution in [0.4, 0.5) is 0 Å². The number of carbonyl (C=O) groups is 2. The van der Waals surface area contributed by atoms with Gasteiger partial charge in [0, 0.05) is 10.8 Å². The van der Waals surface area contributed by atoms with Crippen LogP contribution in [0.25, 0.3) is 0 Å². The van der Waals surface area contributed by atoms with E-state index in [2.05, 4.69) is 0 Å². The van der Waals surface area contributed by atoms with Crippen LogP contribution in [0.1, 0.15) is 34.1 Å². The number of nitrogens with two attached hydrogens (primary N) is 1. The van der Waals surface area contributed by atoms with Crippen molar-refractivity contribution < 1.29 is 9.59 Å². The Balaban J connectivity index is 3.07. The average Bonchev–Trinajstić information content (AvgIpc) is 1.96. The van der Waals surface area contributed by atoms with Gasteiger partial charge in [-0.25, -0.2) is 0 Å². The molecule has 0 aliphatic heterocycles. The van der Waals surface area contributed by atoms with Gasteiger partial charge in [-0.2, -0.15) is 0 Å². The van der Waals surface area contributed by atoms with Crippen LogP contribution in [0.5, 0.6) is 0 Å². The number of ketones is 2. The molecule has 3 nitrogen and oxygen atoms in total. The van der Waals surface area contributed by atoms with Crippen molar-refractivity contribution in [1.29, 1.82) is 0 Å². The molecule has 0 spiro atoms. The first-order valence-corrected chi connectivity index (χ1v) is 4.53. The van der Waals surface area contributed by atoms with E-state index in [0.29, 0.717) is 6.42 Å². The third kappa shape index (κ3) is 1.53. The van der Waals surface area contributed by atoms with Crippen LogP contribution < -0.4 is 5.73 Å². The zero-order valence-corrected chi connectivity index (χ0v) is 8.68. The lowest BCUT2D eigenvalue weighted by atomic mass is 9.62. The second-order valence-electron chi connectivity index (χ2n) is 5.15. The van der Waals surface area contributed by atoms with Gasteiger partial charge in [-0.15, -0.1) is 0 Å². The molecule has 0 aromatic heterocycles. The van der Waals surface area contributed by atoms with E-state index in [-0.39, 0.29) is 11.6 Å². The Bertz CT molecular complexity index is 240. The fourth-order valence-corrected chi connectivity index (χ4v) is 2.24. The van der Waals surface area contributed by atoms with Crippen LogP contribution in [0.15, 0.2) is 0 Å². The maximum atomic E-state index is 11.6. The van der Waals surface area contributed by atoms with Crippen LogP contribution in [0.3, 0.4) is 0 Å². The van der Waals surface area contributed by atoms with E-state index in [1.807, 2.05) is 27.7 Å². The molecule has 0 aromatic rings. The second-order valence-corrected chi connectivity index (χ2v) is 5.15. The Kier molecular flexibility index (Phi) is 2.11. The highest BCUT2D eigenvalue weighted by Gasteiger charge is 2.49. The Hall–Kier alpha value is -0.700. The summed E-state index contributed by atoms with van der Waals surface area (Å²) >= 11 is 0. The molecular weight excluding hydrogens is 166 g/mol. The monoisotopic (exact) mass is 183 g/mol. The first kappa shape index (κ1) is 10.4. The smallest absolute Gasteiger partial charge is 0.162 e. The van der Waals surface area contributed by atoms with Crippen molar-refractivity contribution in [3.05, 3.63) is 0 Å². The summed E-state index contributed by atoms with van der Waals surface area (Å²) in [5.41, 5.74) is 4.65. The molecule has 0 radical (unpaired) electrons. The second kappa shape index (κ2) is 2.64. The first-order chi connectivity index (χ1) is 5.68. The quantitative estimate of drug-likeness (QED) is 0.568. The van der Waals surface area contributed by atoms with E-state index in [1.165, 1.54) is 0 Å². The Labute approximate surface area is 78.7 Å². The molecule has 0 amide bonds. The van der Waals surface area contributed by atoms with Crippen molar-refractivity contribution in [2.24, 2.45) is 16.6 Å². The minimum atomic E-state index is -0.918. The molecule has 1 aliphatic carbocycles. The van der Waals surface area contributed by atoms with Gasteiger partial charge in [-0.3, -0.25) is 9.59 Å². The molecule has 0 saturated heterocycles. The highest BCUT2D eigenvalue weighted by atomic mass is 16.2. The zero-order chi connectivity index (χ0) is 10.4. The lowest BCUT2D eigenvalue weighted by Crippen LogP contribution is -2.57. The number of Topliss-reactive ketones (excluding diaryl/α,β-unsaturated/α-hetero) is 2. The molecule has 0 heterocycles. The topological polar surface area (TPSA) is 60.2 Å². The molecule has 0 aromatic carbocycles. The van der Waals surface area contributed by atoms with Crippen LogP contribution in [0, 0.1) is 10.8 Å². The standard InChI is InChI=1S/C10H17NO2/c1-9(2)5-10(3,4)8(13)6(11)7(9)12/h6H,5,11H2,1-4H3. The summed E-state index contributed by atoms with van der Waals surface area (Å²) in [6, 6.07) is -0.918. The fourth-order valence-electron chi connectivity index (χ4n) is 2.24. The number of carbonyl (C=O) groups excluding carboxylic acids is 2. The van der Waals surface area contributed by atoms with Gasteiger partial charge in [0.2, 0.25) is 0 Å². The predicted molar refractivity (Wildman–Crippen MR) is 50.2 cm³/mol. The molecule has 3 heteroatoms. The number of hydrogen-bond donors (Lipinski definition) is 1. The van der Waals surface area contributed by atoms with E-state index < -0.39 is 16.9 Å². The molecular formula is C10H17NO2. The van der Waals surface area contributed by atoms with Crippen molar-refractivity contribution in [3.8, 4) is 0 Å². The summed E-state index contributed by atoms with van der Waals surface area (Å²) in [6.45, 7) is 7.40. The SMILES string of the molecule is CC1(C)CC(C)(C)C(=O)C(N)C1=O. The van der Waals surface area contributed by atoms with E-state index in [0.717, 1.165) is 0 Å². The molecule has 74 valence electrons. The van der Waals surface area contributed by atoms with Crippen LogP contribution in [0.2, 0.25) is 0 Å². The molecule has 1 fully saturated rings. The molecule has 0 unspecified atom stereocenters. The number of rotatable bonds is 0. The molecule has 1 aliphatic rings. The Morgan fingerprint density at radius 1 is 1.08 bits per heavy atom. The van der Waals surface area contributed by atoms with Crippen molar-refractivity contribution in [3.63, 3.8) is 0 Å². The summed E-state index contributed by atoms with van der Waals surface area (Å²) in [7, 11) is 0. The lowest BCUT2D eigenvalue weighted by Gasteiger charge is -2.40. The van der Waals surface area contributed by atoms with Crippen LogP contribution >= 0.6 is 0 Å². The molecule has 1 saturated carbocycles. The minimum absolute atomic E-state index is 0.128. The molecule has 0 atom stereocenters. The summed E-state index contributed by atoms with van der Waals surface area (Å²) in [6.07, 6.45) is 0.589. The van der Waals surface area contributed by atoms with Gasteiger partial charge in [0.1, 0.15) is 6.04 Å². The lowest BCUT2D eigenvalue weighted by molar-refractivity contribution is -0.146. The first-order valence-electron chi connectivity index (χ1n) is 4.53. The van der Waals surface area contributed by atoms with Gasteiger partial charge in [0.25, 0.3) is 0 Å². The normalized spacial score (nSPS) is 27.8. The highest BCUT2D eigenvalue weighted by Crippen LogP contribution is 2.40. The third-order valence-electron chi connectivity index (χ3n) is 2.78. The zero-order valence-electron chi connectivity index (χ0n) is 8.68. The molecule has 1 rings (SSSR count). The fraction of sp³-hybridized carbons (Fsp3) is 0.800. The summed E-state index contributed by atoms with van der Waals surface area (Å²) < 4.78 is 0. The van der Waals surface area contributed by atoms with Crippen LogP contribution in [-0.4, -0.2) is 17.6 Å². The summed E-state index contributed by atoms with van der Waals surface area (Å²) in [4.78, 5) is 23.2. The van der Waals surface area contributed by atoms with E-state index in [1.54, 1.807) is 0 Å². The van der Waals surface area contributed by atoms with Crippen molar-refractivity contribution in [2.45, 2.75) is 40.2 Å². The van der Waals surface area contributed by atoms with Gasteiger partial charge in [-0.1, -0.05) is 27.7 Å².